The van der Waals surface area contributed by atoms with Gasteiger partial charge in [0.15, 0.2) is 0 Å². The van der Waals surface area contributed by atoms with Gasteiger partial charge in [-0.05, 0) is 49.2 Å². The molecule has 0 saturated carbocycles. The van der Waals surface area contributed by atoms with Crippen LogP contribution >= 0.6 is 0 Å². The number of hydrogen-bond donors (Lipinski definition) is 2. The highest BCUT2D eigenvalue weighted by Crippen LogP contribution is 2.21. The van der Waals surface area contributed by atoms with Crippen molar-refractivity contribution in [3.63, 3.8) is 0 Å². The second-order valence-corrected chi connectivity index (χ2v) is 8.05. The number of nitrogens with zero attached hydrogens (tertiary/aromatic N) is 2. The van der Waals surface area contributed by atoms with E-state index < -0.39 is 0 Å². The van der Waals surface area contributed by atoms with Crippen molar-refractivity contribution in [3.8, 4) is 0 Å². The van der Waals surface area contributed by atoms with Crippen molar-refractivity contribution in [2.24, 2.45) is 5.92 Å². The van der Waals surface area contributed by atoms with Crippen molar-refractivity contribution >= 4 is 29.0 Å². The molecule has 1 atom stereocenters. The van der Waals surface area contributed by atoms with Crippen LogP contribution < -0.4 is 15.5 Å². The summed E-state index contributed by atoms with van der Waals surface area (Å²) in [6, 6.07) is 17.5. The minimum absolute atomic E-state index is 0.0579. The third-order valence-electron chi connectivity index (χ3n) is 5.86. The molecule has 2 aromatic carbocycles. The van der Waals surface area contributed by atoms with Crippen LogP contribution in [0.2, 0.25) is 0 Å². The van der Waals surface area contributed by atoms with Crippen LogP contribution in [-0.2, 0) is 4.79 Å². The first-order valence-electron chi connectivity index (χ1n) is 11.4. The topological polar surface area (TPSA) is 64.7 Å². The van der Waals surface area contributed by atoms with E-state index in [1.54, 1.807) is 0 Å². The number of hydrogen-bond acceptors (Lipinski definition) is 3. The lowest BCUT2D eigenvalue weighted by molar-refractivity contribution is -0.120. The average molecular weight is 423 g/mol. The first kappa shape index (κ1) is 22.7. The molecule has 0 radical (unpaired) electrons. The largest absolute Gasteiger partial charge is 0.368 e. The Morgan fingerprint density at radius 2 is 1.52 bits per heavy atom. The molecule has 6 nitrogen and oxygen atoms in total. The van der Waals surface area contributed by atoms with Crippen molar-refractivity contribution in [2.75, 3.05) is 41.7 Å². The van der Waals surface area contributed by atoms with Gasteiger partial charge in [0, 0.05) is 49.2 Å². The number of unbranched alkanes of at least 4 members (excludes halogenated alkanes) is 1. The zero-order valence-electron chi connectivity index (χ0n) is 18.6. The van der Waals surface area contributed by atoms with Gasteiger partial charge in [-0.25, -0.2) is 4.79 Å². The van der Waals surface area contributed by atoms with Crippen LogP contribution in [0.25, 0.3) is 0 Å². The number of anilines is 3. The third-order valence-corrected chi connectivity index (χ3v) is 5.86. The highest BCUT2D eigenvalue weighted by atomic mass is 16.2. The number of para-hydroxylation sites is 1. The lowest BCUT2D eigenvalue weighted by Gasteiger charge is -2.36. The summed E-state index contributed by atoms with van der Waals surface area (Å²) in [5.41, 5.74) is 2.76. The summed E-state index contributed by atoms with van der Waals surface area (Å²) in [6.07, 6.45) is 4.00. The first-order chi connectivity index (χ1) is 15.1. The van der Waals surface area contributed by atoms with Crippen LogP contribution in [0.5, 0.6) is 0 Å². The van der Waals surface area contributed by atoms with E-state index in [9.17, 15) is 9.59 Å². The van der Waals surface area contributed by atoms with Gasteiger partial charge in [-0.15, -0.1) is 0 Å². The quantitative estimate of drug-likeness (QED) is 0.615. The van der Waals surface area contributed by atoms with Crippen molar-refractivity contribution in [1.29, 1.82) is 0 Å². The molecule has 3 amide bonds. The minimum atomic E-state index is -0.0579. The number of carbonyl (C=O) groups is 2. The molecule has 1 saturated heterocycles. The second-order valence-electron chi connectivity index (χ2n) is 8.05. The van der Waals surface area contributed by atoms with E-state index in [1.165, 1.54) is 0 Å². The molecule has 1 unspecified atom stereocenters. The number of nitrogens with one attached hydrogen (secondary N) is 2. The smallest absolute Gasteiger partial charge is 0.321 e. The van der Waals surface area contributed by atoms with E-state index in [-0.39, 0.29) is 17.9 Å². The van der Waals surface area contributed by atoms with Crippen molar-refractivity contribution < 1.29 is 9.59 Å². The predicted octanol–water partition coefficient (Wildman–Crippen LogP) is 5.20. The fraction of sp³-hybridized carbons (Fsp3) is 0.440. The van der Waals surface area contributed by atoms with Crippen LogP contribution in [0, 0.1) is 5.92 Å². The molecular weight excluding hydrogens is 388 g/mol. The summed E-state index contributed by atoms with van der Waals surface area (Å²) < 4.78 is 0. The van der Waals surface area contributed by atoms with Gasteiger partial charge in [0.25, 0.3) is 0 Å². The fourth-order valence-electron chi connectivity index (χ4n) is 3.86. The molecule has 1 heterocycles. The normalized spacial score (nSPS) is 14.8. The molecular formula is C25H34N4O2. The maximum Gasteiger partial charge on any atom is 0.321 e. The molecule has 6 heteroatoms. The van der Waals surface area contributed by atoms with Crippen LogP contribution in [0.1, 0.15) is 39.5 Å². The number of urea groups is 1. The maximum atomic E-state index is 12.5. The van der Waals surface area contributed by atoms with Crippen molar-refractivity contribution in [2.45, 2.75) is 39.5 Å². The van der Waals surface area contributed by atoms with Gasteiger partial charge in [0.05, 0.1) is 0 Å². The standard InChI is InChI=1S/C25H34N4O2/c1-3-5-9-20(4-2)24(30)26-22-12-14-23(15-13-22)28-16-18-29(19-17-28)25(31)27-21-10-7-6-8-11-21/h6-8,10-15,20H,3-5,9,16-19H2,1-2H3,(H,26,30)(H,27,31). The second kappa shape index (κ2) is 11.4. The van der Waals surface area contributed by atoms with Crippen molar-refractivity contribution in [3.05, 3.63) is 54.6 Å². The zero-order valence-corrected chi connectivity index (χ0v) is 18.6. The third kappa shape index (κ3) is 6.48. The molecule has 0 aliphatic carbocycles. The number of rotatable bonds is 8. The number of benzene rings is 2. The van der Waals surface area contributed by atoms with E-state index in [1.807, 2.05) is 59.5 Å². The Hall–Kier alpha value is -3.02. The van der Waals surface area contributed by atoms with Gasteiger partial charge in [-0.3, -0.25) is 4.79 Å². The summed E-state index contributed by atoms with van der Waals surface area (Å²) in [5, 5.41) is 6.01. The fourth-order valence-corrected chi connectivity index (χ4v) is 3.86. The van der Waals surface area contributed by atoms with Gasteiger partial charge in [-0.2, -0.15) is 0 Å². The van der Waals surface area contributed by atoms with Gasteiger partial charge < -0.3 is 20.4 Å². The number of amides is 3. The van der Waals surface area contributed by atoms with Crippen molar-refractivity contribution in [1.82, 2.24) is 4.90 Å². The van der Waals surface area contributed by atoms with E-state index >= 15 is 0 Å². The summed E-state index contributed by atoms with van der Waals surface area (Å²) in [5.74, 6) is 0.191. The molecule has 1 fully saturated rings. The van der Waals surface area contributed by atoms with Gasteiger partial charge in [-0.1, -0.05) is 44.9 Å². The molecule has 31 heavy (non-hydrogen) atoms. The molecule has 0 bridgehead atoms. The molecule has 1 aliphatic rings. The first-order valence-corrected chi connectivity index (χ1v) is 11.4. The monoisotopic (exact) mass is 422 g/mol. The van der Waals surface area contributed by atoms with Gasteiger partial charge in [0.2, 0.25) is 5.91 Å². The molecule has 166 valence electrons. The predicted molar refractivity (Wildman–Crippen MR) is 128 cm³/mol. The average Bonchev–Trinajstić information content (AvgIpc) is 2.81. The number of carbonyl (C=O) groups excluding carboxylic acids is 2. The van der Waals surface area contributed by atoms with Crippen LogP contribution in [0.15, 0.2) is 54.6 Å². The summed E-state index contributed by atoms with van der Waals surface area (Å²) in [6.45, 7) is 7.13. The Bertz CT molecular complexity index is 830. The SMILES string of the molecule is CCCCC(CC)C(=O)Nc1ccc(N2CCN(C(=O)Nc3ccccc3)CC2)cc1. The Kier molecular flexibility index (Phi) is 8.33. The summed E-state index contributed by atoms with van der Waals surface area (Å²) in [4.78, 5) is 29.1. The summed E-state index contributed by atoms with van der Waals surface area (Å²) >= 11 is 0. The van der Waals surface area contributed by atoms with Crippen LogP contribution in [0.4, 0.5) is 21.9 Å². The Labute approximate surface area is 185 Å². The lowest BCUT2D eigenvalue weighted by atomic mass is 9.98. The Morgan fingerprint density at radius 3 is 2.13 bits per heavy atom. The molecule has 2 N–H and O–H groups in total. The van der Waals surface area contributed by atoms with Gasteiger partial charge in [0.1, 0.15) is 0 Å². The van der Waals surface area contributed by atoms with E-state index in [2.05, 4.69) is 29.4 Å². The molecule has 0 spiro atoms. The highest BCUT2D eigenvalue weighted by molar-refractivity contribution is 5.92. The summed E-state index contributed by atoms with van der Waals surface area (Å²) in [7, 11) is 0. The molecule has 1 aliphatic heterocycles. The Morgan fingerprint density at radius 1 is 0.871 bits per heavy atom. The Balaban J connectivity index is 1.48. The zero-order chi connectivity index (χ0) is 22.1. The van der Waals surface area contributed by atoms with E-state index in [0.717, 1.165) is 55.8 Å². The van der Waals surface area contributed by atoms with Crippen LogP contribution in [0.3, 0.4) is 0 Å². The maximum absolute atomic E-state index is 12.5. The minimum Gasteiger partial charge on any atom is -0.368 e. The molecule has 2 aromatic rings. The molecule has 3 rings (SSSR count). The van der Waals surface area contributed by atoms with Gasteiger partial charge >= 0.3 is 6.03 Å². The number of piperazine rings is 1. The van der Waals surface area contributed by atoms with Crippen LogP contribution in [-0.4, -0.2) is 43.0 Å². The van der Waals surface area contributed by atoms with E-state index in [0.29, 0.717) is 13.1 Å². The highest BCUT2D eigenvalue weighted by Gasteiger charge is 2.21. The lowest BCUT2D eigenvalue weighted by Crippen LogP contribution is -2.50. The van der Waals surface area contributed by atoms with E-state index in [4.69, 9.17) is 0 Å². The molecule has 0 aromatic heterocycles.